The van der Waals surface area contributed by atoms with Crippen LogP contribution < -0.4 is 0 Å². The number of alkyl halides is 1. The van der Waals surface area contributed by atoms with Crippen LogP contribution in [0.5, 0.6) is 0 Å². The van der Waals surface area contributed by atoms with Crippen LogP contribution >= 0.6 is 11.6 Å². The Morgan fingerprint density at radius 3 is 2.79 bits per heavy atom. The molecule has 76 valence electrons. The topological polar surface area (TPSA) is 17.1 Å². The minimum absolute atomic E-state index is 0.221. The number of ketones is 1. The van der Waals surface area contributed by atoms with Gasteiger partial charge in [0, 0.05) is 17.9 Å². The van der Waals surface area contributed by atoms with Gasteiger partial charge in [0.05, 0.1) is 0 Å². The molecule has 0 aromatic heterocycles. The second-order valence-electron chi connectivity index (χ2n) is 3.44. The summed E-state index contributed by atoms with van der Waals surface area (Å²) in [6, 6.07) is 7.72. The van der Waals surface area contributed by atoms with E-state index < -0.39 is 0 Å². The Labute approximate surface area is 90.1 Å². The van der Waals surface area contributed by atoms with E-state index in [2.05, 4.69) is 0 Å². The van der Waals surface area contributed by atoms with Crippen LogP contribution in [0.3, 0.4) is 0 Å². The molecule has 0 heterocycles. The van der Waals surface area contributed by atoms with Crippen molar-refractivity contribution in [3.63, 3.8) is 0 Å². The number of unbranched alkanes of at least 4 members (excludes halogenated alkanes) is 1. The molecule has 0 atom stereocenters. The molecule has 0 amide bonds. The first-order valence-electron chi connectivity index (χ1n) is 4.90. The van der Waals surface area contributed by atoms with Crippen LogP contribution in [0.2, 0.25) is 0 Å². The molecule has 14 heavy (non-hydrogen) atoms. The Bertz CT molecular complexity index is 307. The Morgan fingerprint density at radius 1 is 1.36 bits per heavy atom. The van der Waals surface area contributed by atoms with Gasteiger partial charge in [-0.05, 0) is 25.8 Å². The molecule has 0 aliphatic rings. The molecule has 0 saturated carbocycles. The van der Waals surface area contributed by atoms with Gasteiger partial charge in [0.2, 0.25) is 0 Å². The van der Waals surface area contributed by atoms with Crippen LogP contribution in [0.1, 0.15) is 35.2 Å². The number of rotatable bonds is 5. The fourth-order valence-corrected chi connectivity index (χ4v) is 1.53. The van der Waals surface area contributed by atoms with E-state index in [-0.39, 0.29) is 5.78 Å². The Morgan fingerprint density at radius 2 is 2.14 bits per heavy atom. The minimum Gasteiger partial charge on any atom is -0.294 e. The summed E-state index contributed by atoms with van der Waals surface area (Å²) < 4.78 is 0. The van der Waals surface area contributed by atoms with Crippen molar-refractivity contribution >= 4 is 17.4 Å². The highest BCUT2D eigenvalue weighted by Crippen LogP contribution is 2.09. The van der Waals surface area contributed by atoms with Crippen molar-refractivity contribution in [1.82, 2.24) is 0 Å². The maximum absolute atomic E-state index is 11.6. The third-order valence-corrected chi connectivity index (χ3v) is 2.39. The Hall–Kier alpha value is -0.820. The molecule has 2 heteroatoms. The monoisotopic (exact) mass is 210 g/mol. The summed E-state index contributed by atoms with van der Waals surface area (Å²) in [6.07, 6.45) is 2.41. The third-order valence-electron chi connectivity index (χ3n) is 2.13. The van der Waals surface area contributed by atoms with Gasteiger partial charge in [0.25, 0.3) is 0 Å². The van der Waals surface area contributed by atoms with Gasteiger partial charge >= 0.3 is 0 Å². The molecule has 0 aliphatic carbocycles. The van der Waals surface area contributed by atoms with Crippen molar-refractivity contribution in [2.45, 2.75) is 26.2 Å². The van der Waals surface area contributed by atoms with Gasteiger partial charge < -0.3 is 0 Å². The summed E-state index contributed by atoms with van der Waals surface area (Å²) >= 11 is 5.54. The quantitative estimate of drug-likeness (QED) is 0.413. The van der Waals surface area contributed by atoms with E-state index in [0.29, 0.717) is 12.3 Å². The van der Waals surface area contributed by atoms with Crippen molar-refractivity contribution in [2.75, 3.05) is 5.88 Å². The molecule has 1 aromatic carbocycles. The number of benzene rings is 1. The number of halogens is 1. The largest absolute Gasteiger partial charge is 0.294 e. The standard InChI is InChI=1S/C12H15ClO/c1-10-5-4-6-11(9-10)12(14)7-2-3-8-13/h4-6,9H,2-3,7-8H2,1H3. The van der Waals surface area contributed by atoms with E-state index in [1.165, 1.54) is 0 Å². The van der Waals surface area contributed by atoms with Crippen molar-refractivity contribution in [3.05, 3.63) is 35.4 Å². The van der Waals surface area contributed by atoms with E-state index in [9.17, 15) is 4.79 Å². The first-order valence-corrected chi connectivity index (χ1v) is 5.43. The number of carbonyl (C=O) groups is 1. The zero-order valence-corrected chi connectivity index (χ0v) is 9.18. The van der Waals surface area contributed by atoms with E-state index in [1.807, 2.05) is 31.2 Å². The van der Waals surface area contributed by atoms with Crippen molar-refractivity contribution in [3.8, 4) is 0 Å². The van der Waals surface area contributed by atoms with Crippen LogP contribution in [0.4, 0.5) is 0 Å². The maximum Gasteiger partial charge on any atom is 0.162 e. The fourth-order valence-electron chi connectivity index (χ4n) is 1.34. The predicted molar refractivity (Wildman–Crippen MR) is 60.1 cm³/mol. The van der Waals surface area contributed by atoms with Crippen LogP contribution in [0.25, 0.3) is 0 Å². The van der Waals surface area contributed by atoms with Gasteiger partial charge in [-0.1, -0.05) is 23.8 Å². The lowest BCUT2D eigenvalue weighted by Crippen LogP contribution is -1.99. The Kier molecular flexibility index (Phi) is 4.68. The Balaban J connectivity index is 2.52. The summed E-state index contributed by atoms with van der Waals surface area (Å²) in [6.45, 7) is 2.00. The molecule has 0 unspecified atom stereocenters. The molecular formula is C12H15ClO. The lowest BCUT2D eigenvalue weighted by Gasteiger charge is -2.01. The molecule has 1 aromatic rings. The van der Waals surface area contributed by atoms with E-state index >= 15 is 0 Å². The average Bonchev–Trinajstić information content (AvgIpc) is 2.18. The first kappa shape index (κ1) is 11.3. The molecule has 0 fully saturated rings. The maximum atomic E-state index is 11.6. The minimum atomic E-state index is 0.221. The van der Waals surface area contributed by atoms with Gasteiger partial charge in [-0.15, -0.1) is 11.6 Å². The van der Waals surface area contributed by atoms with Gasteiger partial charge in [0.15, 0.2) is 5.78 Å². The van der Waals surface area contributed by atoms with Gasteiger partial charge in [-0.25, -0.2) is 0 Å². The normalized spacial score (nSPS) is 10.1. The SMILES string of the molecule is Cc1cccc(C(=O)CCCCCl)c1. The van der Waals surface area contributed by atoms with Crippen molar-refractivity contribution in [1.29, 1.82) is 0 Å². The second kappa shape index (κ2) is 5.82. The first-order chi connectivity index (χ1) is 6.74. The van der Waals surface area contributed by atoms with Crippen LogP contribution in [0.15, 0.2) is 24.3 Å². The smallest absolute Gasteiger partial charge is 0.162 e. The highest BCUT2D eigenvalue weighted by atomic mass is 35.5. The lowest BCUT2D eigenvalue weighted by atomic mass is 10.0. The van der Waals surface area contributed by atoms with E-state index in [1.54, 1.807) is 0 Å². The molecule has 1 nitrogen and oxygen atoms in total. The predicted octanol–water partition coefficient (Wildman–Crippen LogP) is 3.59. The molecule has 0 bridgehead atoms. The molecule has 0 radical (unpaired) electrons. The summed E-state index contributed by atoms with van der Waals surface area (Å²) in [5.74, 6) is 0.861. The number of carbonyl (C=O) groups excluding carboxylic acids is 1. The number of hydrogen-bond donors (Lipinski definition) is 0. The number of Topliss-reactive ketones (excluding diaryl/α,β-unsaturated/α-hetero) is 1. The molecule has 0 N–H and O–H groups in total. The van der Waals surface area contributed by atoms with Crippen LogP contribution in [0, 0.1) is 6.92 Å². The summed E-state index contributed by atoms with van der Waals surface area (Å²) in [5, 5.41) is 0. The summed E-state index contributed by atoms with van der Waals surface area (Å²) in [5.41, 5.74) is 1.95. The van der Waals surface area contributed by atoms with E-state index in [4.69, 9.17) is 11.6 Å². The lowest BCUT2D eigenvalue weighted by molar-refractivity contribution is 0.0980. The average molecular weight is 211 g/mol. The van der Waals surface area contributed by atoms with Crippen molar-refractivity contribution < 1.29 is 4.79 Å². The van der Waals surface area contributed by atoms with Gasteiger partial charge in [0.1, 0.15) is 0 Å². The molecule has 0 saturated heterocycles. The van der Waals surface area contributed by atoms with Gasteiger partial charge in [-0.2, -0.15) is 0 Å². The van der Waals surface area contributed by atoms with Crippen molar-refractivity contribution in [2.24, 2.45) is 0 Å². The summed E-state index contributed by atoms with van der Waals surface area (Å²) in [7, 11) is 0. The molecule has 0 spiro atoms. The molecule has 1 rings (SSSR count). The van der Waals surface area contributed by atoms with Crippen LogP contribution in [-0.4, -0.2) is 11.7 Å². The highest BCUT2D eigenvalue weighted by Gasteiger charge is 2.04. The van der Waals surface area contributed by atoms with Gasteiger partial charge in [-0.3, -0.25) is 4.79 Å². The fraction of sp³-hybridized carbons (Fsp3) is 0.417. The van der Waals surface area contributed by atoms with E-state index in [0.717, 1.165) is 24.0 Å². The second-order valence-corrected chi connectivity index (χ2v) is 3.82. The van der Waals surface area contributed by atoms with Crippen LogP contribution in [-0.2, 0) is 0 Å². The number of aryl methyl sites for hydroxylation is 1. The molecule has 0 aliphatic heterocycles. The zero-order chi connectivity index (χ0) is 10.4. The highest BCUT2D eigenvalue weighted by molar-refractivity contribution is 6.17. The zero-order valence-electron chi connectivity index (χ0n) is 8.42. The number of hydrogen-bond acceptors (Lipinski definition) is 1. The third kappa shape index (κ3) is 3.51. The molecular weight excluding hydrogens is 196 g/mol. The summed E-state index contributed by atoms with van der Waals surface area (Å²) in [4.78, 5) is 11.6.